The molecule has 0 aliphatic carbocycles. The van der Waals surface area contributed by atoms with Crippen molar-refractivity contribution >= 4 is 10.8 Å². The quantitative estimate of drug-likeness (QED) is 0.758. The number of hydrogen-bond donors (Lipinski definition) is 1. The van der Waals surface area contributed by atoms with Gasteiger partial charge in [0.1, 0.15) is 5.75 Å². The zero-order chi connectivity index (χ0) is 13.4. The molecule has 1 rings (SSSR count). The van der Waals surface area contributed by atoms with Gasteiger partial charge in [0.25, 0.3) is 0 Å². The molecule has 1 atom stereocenters. The minimum absolute atomic E-state index is 0.627. The van der Waals surface area contributed by atoms with E-state index in [4.69, 9.17) is 10.00 Å². The highest BCUT2D eigenvalue weighted by Gasteiger charge is 2.04. The smallest absolute Gasteiger partial charge is 0.123 e. The van der Waals surface area contributed by atoms with Gasteiger partial charge in [0.2, 0.25) is 0 Å². The molecule has 0 heterocycles. The molecule has 1 unspecified atom stereocenters. The molecule has 0 bridgehead atoms. The summed E-state index contributed by atoms with van der Waals surface area (Å²) in [6, 6.07) is 7.48. The highest BCUT2D eigenvalue weighted by Crippen LogP contribution is 2.19. The number of nitriles is 1. The van der Waals surface area contributed by atoms with Crippen molar-refractivity contribution in [1.82, 2.24) is 5.32 Å². The molecule has 98 valence electrons. The minimum atomic E-state index is -0.732. The molecule has 0 amide bonds. The monoisotopic (exact) mass is 266 g/mol. The largest absolute Gasteiger partial charge is 0.496 e. The number of ether oxygens (including phenoxy) is 1. The van der Waals surface area contributed by atoms with Crippen LogP contribution < -0.4 is 10.1 Å². The number of hydrogen-bond acceptors (Lipinski definition) is 4. The fraction of sp³-hybridized carbons (Fsp3) is 0.462. The summed E-state index contributed by atoms with van der Waals surface area (Å²) >= 11 is 0. The van der Waals surface area contributed by atoms with Gasteiger partial charge in [-0.15, -0.1) is 0 Å². The Kier molecular flexibility index (Phi) is 6.40. The van der Waals surface area contributed by atoms with E-state index in [1.807, 2.05) is 6.07 Å². The number of benzene rings is 1. The molecule has 1 N–H and O–H groups in total. The molecular weight excluding hydrogens is 248 g/mol. The van der Waals surface area contributed by atoms with Gasteiger partial charge in [-0.05, 0) is 31.2 Å². The van der Waals surface area contributed by atoms with Crippen LogP contribution in [0.15, 0.2) is 18.2 Å². The third kappa shape index (κ3) is 4.86. The van der Waals surface area contributed by atoms with Crippen molar-refractivity contribution in [2.45, 2.75) is 13.0 Å². The molecule has 0 saturated heterocycles. The summed E-state index contributed by atoms with van der Waals surface area (Å²) in [5.41, 5.74) is 1.59. The molecule has 0 aliphatic rings. The molecule has 0 fully saturated rings. The first-order valence-electron chi connectivity index (χ1n) is 5.75. The molecule has 1 aromatic rings. The summed E-state index contributed by atoms with van der Waals surface area (Å²) < 4.78 is 16.1. The summed E-state index contributed by atoms with van der Waals surface area (Å²) in [7, 11) is 0.884. The van der Waals surface area contributed by atoms with Gasteiger partial charge in [-0.3, -0.25) is 4.21 Å². The average molecular weight is 266 g/mol. The van der Waals surface area contributed by atoms with Crippen LogP contribution in [0.5, 0.6) is 5.75 Å². The highest BCUT2D eigenvalue weighted by atomic mass is 32.2. The Hall–Kier alpha value is -1.38. The van der Waals surface area contributed by atoms with Crippen LogP contribution in [-0.2, 0) is 17.3 Å². The molecule has 18 heavy (non-hydrogen) atoms. The van der Waals surface area contributed by atoms with Crippen LogP contribution in [-0.4, -0.2) is 29.9 Å². The first-order chi connectivity index (χ1) is 8.67. The molecule has 0 saturated carbocycles. The lowest BCUT2D eigenvalue weighted by Gasteiger charge is -2.09. The Labute approximate surface area is 110 Å². The summed E-state index contributed by atoms with van der Waals surface area (Å²) in [6.07, 6.45) is 2.59. The number of rotatable bonds is 7. The summed E-state index contributed by atoms with van der Waals surface area (Å²) in [5, 5.41) is 12.1. The summed E-state index contributed by atoms with van der Waals surface area (Å²) in [4.78, 5) is 0. The lowest BCUT2D eigenvalue weighted by Crippen LogP contribution is -2.17. The second kappa shape index (κ2) is 7.85. The van der Waals surface area contributed by atoms with Crippen LogP contribution >= 0.6 is 0 Å². The van der Waals surface area contributed by atoms with Gasteiger partial charge < -0.3 is 10.1 Å². The predicted molar refractivity (Wildman–Crippen MR) is 73.0 cm³/mol. The third-order valence-corrected chi connectivity index (χ3v) is 3.37. The minimum Gasteiger partial charge on any atom is -0.496 e. The molecule has 5 heteroatoms. The van der Waals surface area contributed by atoms with E-state index < -0.39 is 10.8 Å². The maximum atomic E-state index is 10.9. The second-order valence-electron chi connectivity index (χ2n) is 3.95. The van der Waals surface area contributed by atoms with Crippen molar-refractivity contribution in [3.63, 3.8) is 0 Å². The van der Waals surface area contributed by atoms with Crippen LogP contribution in [0.25, 0.3) is 0 Å². The van der Waals surface area contributed by atoms with Crippen LogP contribution in [0.1, 0.15) is 17.5 Å². The summed E-state index contributed by atoms with van der Waals surface area (Å²) in [6.45, 7) is 1.45. The van der Waals surface area contributed by atoms with Crippen LogP contribution in [0.4, 0.5) is 0 Å². The average Bonchev–Trinajstić information content (AvgIpc) is 2.37. The van der Waals surface area contributed by atoms with Crippen molar-refractivity contribution in [3.8, 4) is 11.8 Å². The molecule has 0 aliphatic heterocycles. The lowest BCUT2D eigenvalue weighted by atomic mass is 10.1. The van der Waals surface area contributed by atoms with E-state index in [0.717, 1.165) is 24.3 Å². The zero-order valence-corrected chi connectivity index (χ0v) is 11.5. The zero-order valence-electron chi connectivity index (χ0n) is 10.7. The van der Waals surface area contributed by atoms with Gasteiger partial charge in [0.15, 0.2) is 0 Å². The van der Waals surface area contributed by atoms with Gasteiger partial charge in [-0.2, -0.15) is 5.26 Å². The van der Waals surface area contributed by atoms with E-state index in [2.05, 4.69) is 11.4 Å². The Morgan fingerprint density at radius 2 is 2.28 bits per heavy atom. The van der Waals surface area contributed by atoms with E-state index in [9.17, 15) is 4.21 Å². The van der Waals surface area contributed by atoms with E-state index in [1.165, 1.54) is 0 Å². The third-order valence-electron chi connectivity index (χ3n) is 2.51. The predicted octanol–water partition coefficient (Wildman–Crippen LogP) is 1.43. The molecule has 1 aromatic carbocycles. The molecule has 0 spiro atoms. The normalized spacial score (nSPS) is 11.8. The Bertz CT molecular complexity index is 455. The Morgan fingerprint density at radius 1 is 1.50 bits per heavy atom. The maximum Gasteiger partial charge on any atom is 0.123 e. The second-order valence-corrected chi connectivity index (χ2v) is 5.50. The van der Waals surface area contributed by atoms with E-state index in [1.54, 1.807) is 25.5 Å². The van der Waals surface area contributed by atoms with Crippen molar-refractivity contribution in [2.24, 2.45) is 0 Å². The molecule has 4 nitrogen and oxygen atoms in total. The standard InChI is InChI=1S/C13H18N2O2S/c1-17-13-5-4-11(9-14)8-12(13)10-15-6-3-7-18(2)16/h4-5,8,15H,3,6-7,10H2,1-2H3. The Morgan fingerprint density at radius 3 is 2.89 bits per heavy atom. The van der Waals surface area contributed by atoms with Crippen LogP contribution in [0.3, 0.4) is 0 Å². The van der Waals surface area contributed by atoms with E-state index in [0.29, 0.717) is 17.9 Å². The maximum absolute atomic E-state index is 10.9. The van der Waals surface area contributed by atoms with Gasteiger partial charge in [0, 0.05) is 34.9 Å². The lowest BCUT2D eigenvalue weighted by molar-refractivity contribution is 0.407. The van der Waals surface area contributed by atoms with Gasteiger partial charge in [0.05, 0.1) is 18.7 Å². The first-order valence-corrected chi connectivity index (χ1v) is 7.48. The SMILES string of the molecule is COc1ccc(C#N)cc1CNCCCS(C)=O. The van der Waals surface area contributed by atoms with Gasteiger partial charge >= 0.3 is 0 Å². The summed E-state index contributed by atoms with van der Waals surface area (Å²) in [5.74, 6) is 1.49. The fourth-order valence-corrected chi connectivity index (χ4v) is 2.16. The highest BCUT2D eigenvalue weighted by molar-refractivity contribution is 7.84. The van der Waals surface area contributed by atoms with Gasteiger partial charge in [-0.25, -0.2) is 0 Å². The fourth-order valence-electron chi connectivity index (χ4n) is 1.61. The van der Waals surface area contributed by atoms with Crippen molar-refractivity contribution in [1.29, 1.82) is 5.26 Å². The molecular formula is C13H18N2O2S. The number of nitrogens with one attached hydrogen (secondary N) is 1. The number of methoxy groups -OCH3 is 1. The molecule has 0 radical (unpaired) electrons. The van der Waals surface area contributed by atoms with Crippen LogP contribution in [0, 0.1) is 11.3 Å². The van der Waals surface area contributed by atoms with Crippen molar-refractivity contribution in [3.05, 3.63) is 29.3 Å². The molecule has 0 aromatic heterocycles. The Balaban J connectivity index is 2.50. The number of nitrogens with zero attached hydrogens (tertiary/aromatic N) is 1. The van der Waals surface area contributed by atoms with E-state index in [-0.39, 0.29) is 0 Å². The van der Waals surface area contributed by atoms with Crippen LogP contribution in [0.2, 0.25) is 0 Å². The van der Waals surface area contributed by atoms with Gasteiger partial charge in [-0.1, -0.05) is 0 Å². The first kappa shape index (κ1) is 14.7. The topological polar surface area (TPSA) is 62.1 Å². The van der Waals surface area contributed by atoms with Crippen molar-refractivity contribution < 1.29 is 8.95 Å². The van der Waals surface area contributed by atoms with Crippen molar-refractivity contribution in [2.75, 3.05) is 25.7 Å². The van der Waals surface area contributed by atoms with E-state index >= 15 is 0 Å².